The van der Waals surface area contributed by atoms with Gasteiger partial charge in [-0.25, -0.2) is 9.18 Å². The molecule has 2 aromatic carbocycles. The SMILES string of the molecule is COc1ccc(OC)c(/C=C/C(=O)OCC(=O)Nc2cccc(F)c2)c1. The second-order valence-electron chi connectivity index (χ2n) is 5.11. The van der Waals surface area contributed by atoms with Crippen molar-refractivity contribution in [3.63, 3.8) is 0 Å². The lowest BCUT2D eigenvalue weighted by atomic mass is 10.1. The fourth-order valence-corrected chi connectivity index (χ4v) is 2.08. The topological polar surface area (TPSA) is 73.9 Å². The summed E-state index contributed by atoms with van der Waals surface area (Å²) in [5.74, 6) is -0.595. The largest absolute Gasteiger partial charge is 0.497 e. The first kappa shape index (κ1) is 19.0. The fourth-order valence-electron chi connectivity index (χ4n) is 2.08. The molecule has 2 rings (SSSR count). The molecule has 0 aliphatic heterocycles. The van der Waals surface area contributed by atoms with Gasteiger partial charge in [0.05, 0.1) is 14.2 Å². The molecule has 0 heterocycles. The molecule has 0 aliphatic carbocycles. The van der Waals surface area contributed by atoms with Gasteiger partial charge in [0.1, 0.15) is 17.3 Å². The molecule has 0 bridgehead atoms. The van der Waals surface area contributed by atoms with E-state index in [9.17, 15) is 14.0 Å². The first-order chi connectivity index (χ1) is 12.5. The first-order valence-corrected chi connectivity index (χ1v) is 7.64. The highest BCUT2D eigenvalue weighted by Crippen LogP contribution is 2.25. The molecular weight excluding hydrogens is 341 g/mol. The standard InChI is InChI=1S/C19H18FNO5/c1-24-16-7-8-17(25-2)13(10-16)6-9-19(23)26-12-18(22)21-15-5-3-4-14(20)11-15/h3-11H,12H2,1-2H3,(H,21,22)/b9-6+. The number of amides is 1. The van der Waals surface area contributed by atoms with Gasteiger partial charge in [-0.2, -0.15) is 0 Å². The lowest BCUT2D eigenvalue weighted by Crippen LogP contribution is -2.20. The summed E-state index contributed by atoms with van der Waals surface area (Å²) in [6.07, 6.45) is 2.67. The molecule has 0 aromatic heterocycles. The molecule has 1 N–H and O–H groups in total. The predicted octanol–water partition coefficient (Wildman–Crippen LogP) is 3.04. The third-order valence-corrected chi connectivity index (χ3v) is 3.29. The Kier molecular flexibility index (Phi) is 6.73. The maximum absolute atomic E-state index is 13.0. The molecule has 2 aromatic rings. The summed E-state index contributed by atoms with van der Waals surface area (Å²) in [7, 11) is 3.04. The Balaban J connectivity index is 1.90. The molecule has 0 spiro atoms. The summed E-state index contributed by atoms with van der Waals surface area (Å²) in [5, 5.41) is 2.43. The Morgan fingerprint density at radius 2 is 1.92 bits per heavy atom. The van der Waals surface area contributed by atoms with Crippen molar-refractivity contribution in [3.05, 3.63) is 59.9 Å². The van der Waals surface area contributed by atoms with Crippen LogP contribution in [0.3, 0.4) is 0 Å². The van der Waals surface area contributed by atoms with Crippen LogP contribution in [0.5, 0.6) is 11.5 Å². The number of halogens is 1. The highest BCUT2D eigenvalue weighted by molar-refractivity contribution is 5.94. The van der Waals surface area contributed by atoms with Crippen LogP contribution in [0.4, 0.5) is 10.1 Å². The van der Waals surface area contributed by atoms with Gasteiger partial charge in [0.15, 0.2) is 6.61 Å². The number of nitrogens with one attached hydrogen (secondary N) is 1. The van der Waals surface area contributed by atoms with E-state index in [1.807, 2.05) is 0 Å². The Hall–Kier alpha value is -3.35. The molecule has 0 saturated heterocycles. The number of methoxy groups -OCH3 is 2. The Labute approximate surface area is 150 Å². The van der Waals surface area contributed by atoms with Crippen molar-refractivity contribution in [2.24, 2.45) is 0 Å². The van der Waals surface area contributed by atoms with Gasteiger partial charge >= 0.3 is 5.97 Å². The van der Waals surface area contributed by atoms with E-state index in [4.69, 9.17) is 14.2 Å². The summed E-state index contributed by atoms with van der Waals surface area (Å²) in [4.78, 5) is 23.5. The van der Waals surface area contributed by atoms with Crippen LogP contribution in [0, 0.1) is 5.82 Å². The predicted molar refractivity (Wildman–Crippen MR) is 94.6 cm³/mol. The van der Waals surface area contributed by atoms with Gasteiger partial charge in [-0.05, 0) is 42.5 Å². The smallest absolute Gasteiger partial charge is 0.331 e. The van der Waals surface area contributed by atoms with E-state index in [1.54, 1.807) is 18.2 Å². The van der Waals surface area contributed by atoms with Crippen LogP contribution in [-0.2, 0) is 14.3 Å². The normalized spacial score (nSPS) is 10.4. The average Bonchev–Trinajstić information content (AvgIpc) is 2.64. The average molecular weight is 359 g/mol. The minimum Gasteiger partial charge on any atom is -0.497 e. The highest BCUT2D eigenvalue weighted by atomic mass is 19.1. The zero-order valence-electron chi connectivity index (χ0n) is 14.3. The highest BCUT2D eigenvalue weighted by Gasteiger charge is 2.07. The zero-order chi connectivity index (χ0) is 18.9. The van der Waals surface area contributed by atoms with Crippen LogP contribution >= 0.6 is 0 Å². The van der Waals surface area contributed by atoms with E-state index in [0.29, 0.717) is 17.1 Å². The second kappa shape index (κ2) is 9.22. The summed E-state index contributed by atoms with van der Waals surface area (Å²) < 4.78 is 28.2. The van der Waals surface area contributed by atoms with Gasteiger partial charge < -0.3 is 19.5 Å². The molecule has 0 radical (unpaired) electrons. The molecule has 0 atom stereocenters. The van der Waals surface area contributed by atoms with Crippen LogP contribution in [0.2, 0.25) is 0 Å². The number of rotatable bonds is 7. The maximum atomic E-state index is 13.0. The third kappa shape index (κ3) is 5.62. The van der Waals surface area contributed by atoms with E-state index in [0.717, 1.165) is 6.07 Å². The lowest BCUT2D eigenvalue weighted by Gasteiger charge is -2.07. The third-order valence-electron chi connectivity index (χ3n) is 3.29. The van der Waals surface area contributed by atoms with E-state index in [2.05, 4.69) is 5.32 Å². The summed E-state index contributed by atoms with van der Waals surface area (Å²) in [6.45, 7) is -0.491. The molecule has 0 aliphatic rings. The summed E-state index contributed by atoms with van der Waals surface area (Å²) in [6, 6.07) is 10.5. The summed E-state index contributed by atoms with van der Waals surface area (Å²) >= 11 is 0. The number of anilines is 1. The minimum absolute atomic E-state index is 0.280. The van der Waals surface area contributed by atoms with Crippen molar-refractivity contribution in [1.29, 1.82) is 0 Å². The number of ether oxygens (including phenoxy) is 3. The van der Waals surface area contributed by atoms with Gasteiger partial charge in [0, 0.05) is 17.3 Å². The van der Waals surface area contributed by atoms with Crippen molar-refractivity contribution in [1.82, 2.24) is 0 Å². The van der Waals surface area contributed by atoms with Crippen molar-refractivity contribution >= 4 is 23.6 Å². The van der Waals surface area contributed by atoms with Crippen LogP contribution in [0.15, 0.2) is 48.5 Å². The number of carbonyl (C=O) groups is 2. The van der Waals surface area contributed by atoms with Crippen LogP contribution in [0.1, 0.15) is 5.56 Å². The molecular formula is C19H18FNO5. The number of hydrogen-bond acceptors (Lipinski definition) is 5. The number of esters is 1. The molecule has 1 amide bonds. The lowest BCUT2D eigenvalue weighted by molar-refractivity contribution is -0.142. The molecule has 0 fully saturated rings. The first-order valence-electron chi connectivity index (χ1n) is 7.64. The van der Waals surface area contributed by atoms with Crippen LogP contribution < -0.4 is 14.8 Å². The summed E-state index contributed by atoms with van der Waals surface area (Å²) in [5.41, 5.74) is 0.899. The van der Waals surface area contributed by atoms with E-state index in [-0.39, 0.29) is 5.69 Å². The maximum Gasteiger partial charge on any atom is 0.331 e. The monoisotopic (exact) mass is 359 g/mol. The second-order valence-corrected chi connectivity index (χ2v) is 5.11. The van der Waals surface area contributed by atoms with Crippen molar-refractivity contribution in [2.45, 2.75) is 0 Å². The Bertz CT molecular complexity index is 819. The minimum atomic E-state index is -0.704. The Morgan fingerprint density at radius 1 is 1.12 bits per heavy atom. The number of hydrogen-bond donors (Lipinski definition) is 1. The van der Waals surface area contributed by atoms with E-state index in [1.165, 1.54) is 44.6 Å². The van der Waals surface area contributed by atoms with Crippen LogP contribution in [-0.4, -0.2) is 32.7 Å². The number of benzene rings is 2. The van der Waals surface area contributed by atoms with Crippen molar-refractivity contribution in [2.75, 3.05) is 26.1 Å². The Morgan fingerprint density at radius 3 is 2.62 bits per heavy atom. The van der Waals surface area contributed by atoms with Crippen molar-refractivity contribution < 1.29 is 28.2 Å². The quantitative estimate of drug-likeness (QED) is 0.608. The molecule has 136 valence electrons. The van der Waals surface area contributed by atoms with Gasteiger partial charge in [-0.3, -0.25) is 4.79 Å². The van der Waals surface area contributed by atoms with Gasteiger partial charge in [0.2, 0.25) is 0 Å². The van der Waals surface area contributed by atoms with E-state index < -0.39 is 24.3 Å². The number of carbonyl (C=O) groups excluding carboxylic acids is 2. The fraction of sp³-hybridized carbons (Fsp3) is 0.158. The molecule has 0 saturated carbocycles. The van der Waals surface area contributed by atoms with Gasteiger partial charge in [-0.1, -0.05) is 6.07 Å². The van der Waals surface area contributed by atoms with Crippen LogP contribution in [0.25, 0.3) is 6.08 Å². The molecule has 26 heavy (non-hydrogen) atoms. The van der Waals surface area contributed by atoms with E-state index >= 15 is 0 Å². The molecule has 0 unspecified atom stereocenters. The molecule has 7 heteroatoms. The van der Waals surface area contributed by atoms with Crippen molar-refractivity contribution in [3.8, 4) is 11.5 Å². The van der Waals surface area contributed by atoms with Gasteiger partial charge in [-0.15, -0.1) is 0 Å². The van der Waals surface area contributed by atoms with Gasteiger partial charge in [0.25, 0.3) is 5.91 Å². The zero-order valence-corrected chi connectivity index (χ0v) is 14.3. The molecule has 6 nitrogen and oxygen atoms in total.